The molecule has 2 N–H and O–H groups in total. The number of para-hydroxylation sites is 1. The van der Waals surface area contributed by atoms with E-state index in [-0.39, 0.29) is 0 Å². The van der Waals surface area contributed by atoms with Crippen LogP contribution in [0.2, 0.25) is 0 Å². The van der Waals surface area contributed by atoms with Gasteiger partial charge in [-0.3, -0.25) is 4.90 Å². The van der Waals surface area contributed by atoms with Crippen LogP contribution < -0.4 is 15.4 Å². The van der Waals surface area contributed by atoms with E-state index in [9.17, 15) is 0 Å². The number of likely N-dealkylation sites (tertiary alicyclic amines) is 1. The number of hydrogen-bond acceptors (Lipinski definition) is 4. The van der Waals surface area contributed by atoms with Gasteiger partial charge in [0.25, 0.3) is 0 Å². The highest BCUT2D eigenvalue weighted by Gasteiger charge is 2.32. The van der Waals surface area contributed by atoms with Crippen molar-refractivity contribution in [3.8, 4) is 5.75 Å². The largest absolute Gasteiger partial charge is 0.496 e. The van der Waals surface area contributed by atoms with Crippen molar-refractivity contribution in [2.75, 3.05) is 32.1 Å². The second-order valence-corrected chi connectivity index (χ2v) is 10.0. The van der Waals surface area contributed by atoms with Crippen molar-refractivity contribution in [3.05, 3.63) is 108 Å². The minimum absolute atomic E-state index is 0.387. The van der Waals surface area contributed by atoms with E-state index in [4.69, 9.17) is 4.74 Å². The number of benzene rings is 4. The summed E-state index contributed by atoms with van der Waals surface area (Å²) in [6.07, 6.45) is 4.75. The number of nitrogens with zero attached hydrogens (tertiary/aromatic N) is 1. The highest BCUT2D eigenvalue weighted by Crippen LogP contribution is 2.32. The number of ether oxygens (including phenoxy) is 1. The van der Waals surface area contributed by atoms with Gasteiger partial charge in [0.05, 0.1) is 13.2 Å². The molecule has 2 atom stereocenters. The fourth-order valence-corrected chi connectivity index (χ4v) is 5.69. The maximum Gasteiger partial charge on any atom is 0.123 e. The molecule has 192 valence electrons. The van der Waals surface area contributed by atoms with Crippen LogP contribution >= 0.6 is 0 Å². The fraction of sp³-hybridized carbons (Fsp3) is 0.333. The van der Waals surface area contributed by atoms with E-state index < -0.39 is 0 Å². The molecule has 0 radical (unpaired) electrons. The van der Waals surface area contributed by atoms with Gasteiger partial charge in [-0.25, -0.2) is 0 Å². The predicted octanol–water partition coefficient (Wildman–Crippen LogP) is 7.04. The van der Waals surface area contributed by atoms with Gasteiger partial charge in [0.1, 0.15) is 5.75 Å². The lowest BCUT2D eigenvalue weighted by atomic mass is 9.89. The zero-order chi connectivity index (χ0) is 25.3. The number of nitrogens with one attached hydrogen (secondary N) is 2. The average molecular weight is 494 g/mol. The molecule has 0 aromatic heterocycles. The third-order valence-corrected chi connectivity index (χ3v) is 7.57. The van der Waals surface area contributed by atoms with Crippen molar-refractivity contribution >= 4 is 16.5 Å². The lowest BCUT2D eigenvalue weighted by Crippen LogP contribution is -2.48. The molecule has 0 saturated carbocycles. The van der Waals surface area contributed by atoms with E-state index in [1.807, 2.05) is 12.1 Å². The van der Waals surface area contributed by atoms with Crippen LogP contribution in [0.3, 0.4) is 0 Å². The zero-order valence-electron chi connectivity index (χ0n) is 21.9. The van der Waals surface area contributed by atoms with E-state index in [1.54, 1.807) is 7.11 Å². The summed E-state index contributed by atoms with van der Waals surface area (Å²) in [7, 11) is 1.75. The van der Waals surface area contributed by atoms with Crippen LogP contribution in [0.5, 0.6) is 5.75 Å². The maximum absolute atomic E-state index is 5.59. The summed E-state index contributed by atoms with van der Waals surface area (Å²) >= 11 is 0. The SMILES string of the molecule is COc1ccccc1CN[C@H]1CCCN(CCCCNc2ccc3ccccc3c2)[C@H]1c1ccccc1. The molecule has 4 heteroatoms. The second kappa shape index (κ2) is 12.8. The Balaban J connectivity index is 1.18. The molecule has 0 spiro atoms. The van der Waals surface area contributed by atoms with Crippen LogP contribution in [0.25, 0.3) is 10.8 Å². The molecule has 37 heavy (non-hydrogen) atoms. The maximum atomic E-state index is 5.59. The summed E-state index contributed by atoms with van der Waals surface area (Å²) in [6, 6.07) is 35.4. The first kappa shape index (κ1) is 25.3. The first-order valence-corrected chi connectivity index (χ1v) is 13.7. The van der Waals surface area contributed by atoms with Crippen LogP contribution in [0, 0.1) is 0 Å². The van der Waals surface area contributed by atoms with Gasteiger partial charge < -0.3 is 15.4 Å². The number of unbranched alkanes of at least 4 members (excludes halogenated alkanes) is 1. The molecule has 4 aromatic rings. The summed E-state index contributed by atoms with van der Waals surface area (Å²) < 4.78 is 5.59. The van der Waals surface area contributed by atoms with Crippen molar-refractivity contribution in [3.63, 3.8) is 0 Å². The Kier molecular flexibility index (Phi) is 8.73. The van der Waals surface area contributed by atoms with Gasteiger partial charge in [-0.15, -0.1) is 0 Å². The predicted molar refractivity (Wildman–Crippen MR) is 155 cm³/mol. The Morgan fingerprint density at radius 3 is 2.49 bits per heavy atom. The van der Waals surface area contributed by atoms with E-state index in [0.29, 0.717) is 12.1 Å². The molecule has 1 heterocycles. The summed E-state index contributed by atoms with van der Waals surface area (Å²) in [6.45, 7) is 4.09. The van der Waals surface area contributed by atoms with E-state index >= 15 is 0 Å². The summed E-state index contributed by atoms with van der Waals surface area (Å²) in [5, 5.41) is 10.1. The Bertz CT molecular complexity index is 1260. The standard InChI is InChI=1S/C33H39N3O/c1-37-32-18-8-7-16-29(32)25-35-31-17-11-23-36(33(31)27-13-3-2-4-14-27)22-10-9-21-34-30-20-19-26-12-5-6-15-28(26)24-30/h2-8,12-16,18-20,24,31,33-35H,9-11,17,21-23,25H2,1H3/t31-,33-/m0/s1. The summed E-state index contributed by atoms with van der Waals surface area (Å²) in [4.78, 5) is 2.70. The Labute approximate surface area is 221 Å². The van der Waals surface area contributed by atoms with Crippen LogP contribution in [0.1, 0.15) is 42.9 Å². The number of fused-ring (bicyclic) bond motifs is 1. The first-order valence-electron chi connectivity index (χ1n) is 13.7. The normalized spacial score (nSPS) is 18.1. The molecule has 1 aliphatic heterocycles. The number of methoxy groups -OCH3 is 1. The number of anilines is 1. The van der Waals surface area contributed by atoms with Gasteiger partial charge in [0.2, 0.25) is 0 Å². The minimum atomic E-state index is 0.387. The smallest absolute Gasteiger partial charge is 0.123 e. The molecule has 0 amide bonds. The van der Waals surface area contributed by atoms with Crippen molar-refractivity contribution in [2.45, 2.75) is 44.3 Å². The van der Waals surface area contributed by atoms with Gasteiger partial charge in [0, 0.05) is 30.4 Å². The van der Waals surface area contributed by atoms with Crippen molar-refractivity contribution < 1.29 is 4.74 Å². The van der Waals surface area contributed by atoms with Gasteiger partial charge in [-0.05, 0) is 73.3 Å². The topological polar surface area (TPSA) is 36.5 Å². The van der Waals surface area contributed by atoms with Crippen LogP contribution in [-0.4, -0.2) is 37.7 Å². The Morgan fingerprint density at radius 1 is 0.838 bits per heavy atom. The molecule has 1 aliphatic rings. The van der Waals surface area contributed by atoms with Gasteiger partial charge in [-0.1, -0.05) is 78.9 Å². The van der Waals surface area contributed by atoms with Gasteiger partial charge in [-0.2, -0.15) is 0 Å². The van der Waals surface area contributed by atoms with Crippen molar-refractivity contribution in [1.29, 1.82) is 0 Å². The second-order valence-electron chi connectivity index (χ2n) is 10.0. The van der Waals surface area contributed by atoms with Gasteiger partial charge >= 0.3 is 0 Å². The molecule has 1 saturated heterocycles. The fourth-order valence-electron chi connectivity index (χ4n) is 5.69. The highest BCUT2D eigenvalue weighted by atomic mass is 16.5. The third-order valence-electron chi connectivity index (χ3n) is 7.57. The summed E-state index contributed by atoms with van der Waals surface area (Å²) in [5.74, 6) is 0.956. The molecule has 4 nitrogen and oxygen atoms in total. The molecular weight excluding hydrogens is 454 g/mol. The van der Waals surface area contributed by atoms with Crippen LogP contribution in [0.4, 0.5) is 5.69 Å². The number of hydrogen-bond donors (Lipinski definition) is 2. The lowest BCUT2D eigenvalue weighted by molar-refractivity contribution is 0.109. The number of piperidine rings is 1. The lowest BCUT2D eigenvalue weighted by Gasteiger charge is -2.42. The molecule has 0 bridgehead atoms. The monoisotopic (exact) mass is 493 g/mol. The molecule has 0 unspecified atom stereocenters. The Morgan fingerprint density at radius 2 is 1.62 bits per heavy atom. The first-order chi connectivity index (χ1) is 18.3. The highest BCUT2D eigenvalue weighted by molar-refractivity contribution is 5.85. The third kappa shape index (κ3) is 6.51. The molecule has 1 fully saturated rings. The molecule has 4 aromatic carbocycles. The number of rotatable bonds is 11. The van der Waals surface area contributed by atoms with Crippen LogP contribution in [0.15, 0.2) is 97.1 Å². The molecule has 5 rings (SSSR count). The van der Waals surface area contributed by atoms with Gasteiger partial charge in [0.15, 0.2) is 0 Å². The minimum Gasteiger partial charge on any atom is -0.496 e. The molecule has 0 aliphatic carbocycles. The van der Waals surface area contributed by atoms with E-state index in [1.165, 1.54) is 46.8 Å². The zero-order valence-corrected chi connectivity index (χ0v) is 21.9. The molecular formula is C33H39N3O. The van der Waals surface area contributed by atoms with Crippen molar-refractivity contribution in [2.24, 2.45) is 0 Å². The summed E-state index contributed by atoms with van der Waals surface area (Å²) in [5.41, 5.74) is 3.84. The van der Waals surface area contributed by atoms with Crippen LogP contribution in [-0.2, 0) is 6.54 Å². The van der Waals surface area contributed by atoms with E-state index in [2.05, 4.69) is 100 Å². The average Bonchev–Trinajstić information content (AvgIpc) is 2.96. The van der Waals surface area contributed by atoms with E-state index in [0.717, 1.165) is 38.3 Å². The van der Waals surface area contributed by atoms with Crippen molar-refractivity contribution in [1.82, 2.24) is 10.2 Å². The Hall–Kier alpha value is -3.34. The quantitative estimate of drug-likeness (QED) is 0.220.